The highest BCUT2D eigenvalue weighted by Crippen LogP contribution is 2.37. The molecule has 0 aliphatic heterocycles. The van der Waals surface area contributed by atoms with E-state index in [-0.39, 0.29) is 0 Å². The summed E-state index contributed by atoms with van der Waals surface area (Å²) in [6.07, 6.45) is 3.51. The smallest absolute Gasteiger partial charge is 0.179 e. The number of nitrogens with one attached hydrogen (secondary N) is 2. The summed E-state index contributed by atoms with van der Waals surface area (Å²) >= 11 is 6.29. The summed E-state index contributed by atoms with van der Waals surface area (Å²) in [7, 11) is 3.16. The third kappa shape index (κ3) is 3.19. The first-order chi connectivity index (χ1) is 9.26. The maximum absolute atomic E-state index is 6.29. The van der Waals surface area contributed by atoms with Crippen molar-refractivity contribution in [2.75, 3.05) is 14.2 Å². The molecule has 0 fully saturated rings. The molecule has 2 aromatic rings. The van der Waals surface area contributed by atoms with Crippen molar-refractivity contribution in [3.8, 4) is 11.5 Å². The standard InChI is InChI=1S/C13H16ClN3O2/c1-18-10-4-3-9(12(14)13(10)19-2)7-15-8-11-16-5-6-17-11/h3-6,15H,7-8H2,1-2H3,(H,16,17). The van der Waals surface area contributed by atoms with Gasteiger partial charge in [0, 0.05) is 18.9 Å². The van der Waals surface area contributed by atoms with E-state index in [1.54, 1.807) is 26.6 Å². The predicted molar refractivity (Wildman–Crippen MR) is 73.7 cm³/mol. The van der Waals surface area contributed by atoms with E-state index in [9.17, 15) is 0 Å². The van der Waals surface area contributed by atoms with Crippen LogP contribution in [0.4, 0.5) is 0 Å². The van der Waals surface area contributed by atoms with Crippen LogP contribution in [0.25, 0.3) is 0 Å². The van der Waals surface area contributed by atoms with E-state index in [0.717, 1.165) is 11.4 Å². The molecule has 2 rings (SSSR count). The topological polar surface area (TPSA) is 59.2 Å². The molecule has 0 radical (unpaired) electrons. The van der Waals surface area contributed by atoms with Crippen LogP contribution in [0.3, 0.4) is 0 Å². The molecule has 0 unspecified atom stereocenters. The summed E-state index contributed by atoms with van der Waals surface area (Å²) in [5.41, 5.74) is 0.950. The molecule has 1 heterocycles. The molecule has 6 heteroatoms. The Balaban J connectivity index is 2.04. The molecule has 1 aromatic carbocycles. The van der Waals surface area contributed by atoms with Crippen LogP contribution in [-0.2, 0) is 13.1 Å². The molecule has 0 aliphatic carbocycles. The molecular weight excluding hydrogens is 266 g/mol. The normalized spacial score (nSPS) is 10.5. The summed E-state index contributed by atoms with van der Waals surface area (Å²) in [5.74, 6) is 2.07. The van der Waals surface area contributed by atoms with Crippen molar-refractivity contribution in [1.82, 2.24) is 15.3 Å². The summed E-state index contributed by atoms with van der Waals surface area (Å²) in [6.45, 7) is 1.28. The first-order valence-corrected chi connectivity index (χ1v) is 6.22. The van der Waals surface area contributed by atoms with Crippen LogP contribution >= 0.6 is 11.6 Å². The number of rotatable bonds is 6. The molecule has 0 spiro atoms. The number of hydrogen-bond acceptors (Lipinski definition) is 4. The number of H-pyrrole nitrogens is 1. The van der Waals surface area contributed by atoms with Crippen molar-refractivity contribution in [3.63, 3.8) is 0 Å². The van der Waals surface area contributed by atoms with E-state index < -0.39 is 0 Å². The van der Waals surface area contributed by atoms with Crippen molar-refractivity contribution in [2.45, 2.75) is 13.1 Å². The first-order valence-electron chi connectivity index (χ1n) is 5.84. The maximum atomic E-state index is 6.29. The third-order valence-corrected chi connectivity index (χ3v) is 3.14. The Morgan fingerprint density at radius 2 is 2.11 bits per heavy atom. The van der Waals surface area contributed by atoms with Crippen molar-refractivity contribution in [3.05, 3.63) is 40.9 Å². The quantitative estimate of drug-likeness (QED) is 0.853. The molecule has 0 aliphatic rings. The number of ether oxygens (including phenoxy) is 2. The van der Waals surface area contributed by atoms with E-state index in [1.165, 1.54) is 0 Å². The van der Waals surface area contributed by atoms with E-state index in [4.69, 9.17) is 21.1 Å². The minimum atomic E-state index is 0.557. The Bertz CT molecular complexity index is 529. The fraction of sp³-hybridized carbons (Fsp3) is 0.308. The summed E-state index contributed by atoms with van der Waals surface area (Å²) in [5, 5.41) is 3.82. The fourth-order valence-corrected chi connectivity index (χ4v) is 2.08. The van der Waals surface area contributed by atoms with Gasteiger partial charge in [-0.2, -0.15) is 0 Å². The van der Waals surface area contributed by atoms with Crippen LogP contribution in [0.2, 0.25) is 5.02 Å². The second-order valence-corrected chi connectivity index (χ2v) is 4.29. The average molecular weight is 282 g/mol. The zero-order valence-corrected chi connectivity index (χ0v) is 11.6. The van der Waals surface area contributed by atoms with Gasteiger partial charge in [-0.05, 0) is 11.6 Å². The maximum Gasteiger partial charge on any atom is 0.179 e. The summed E-state index contributed by atoms with van der Waals surface area (Å²) in [6, 6.07) is 3.76. The Hall–Kier alpha value is -1.72. The fourth-order valence-electron chi connectivity index (χ4n) is 1.78. The van der Waals surface area contributed by atoms with Crippen LogP contribution in [0.1, 0.15) is 11.4 Å². The van der Waals surface area contributed by atoms with Gasteiger partial charge in [-0.1, -0.05) is 17.7 Å². The largest absolute Gasteiger partial charge is 0.493 e. The highest BCUT2D eigenvalue weighted by atomic mass is 35.5. The number of methoxy groups -OCH3 is 2. The van der Waals surface area contributed by atoms with Gasteiger partial charge in [0.05, 0.1) is 25.8 Å². The first kappa shape index (κ1) is 13.7. The highest BCUT2D eigenvalue weighted by molar-refractivity contribution is 6.33. The van der Waals surface area contributed by atoms with Crippen molar-refractivity contribution in [1.29, 1.82) is 0 Å². The summed E-state index contributed by atoms with van der Waals surface area (Å²) in [4.78, 5) is 7.16. The number of aromatic nitrogens is 2. The molecule has 0 saturated carbocycles. The lowest BCUT2D eigenvalue weighted by Crippen LogP contribution is -2.14. The number of nitrogens with zero attached hydrogens (tertiary/aromatic N) is 1. The Labute approximate surface area is 116 Å². The lowest BCUT2D eigenvalue weighted by atomic mass is 10.2. The SMILES string of the molecule is COc1ccc(CNCc2ncc[nH]2)c(Cl)c1OC. The molecule has 19 heavy (non-hydrogen) atoms. The molecule has 102 valence electrons. The molecule has 0 atom stereocenters. The Morgan fingerprint density at radius 3 is 2.74 bits per heavy atom. The van der Waals surface area contributed by atoms with E-state index >= 15 is 0 Å². The minimum absolute atomic E-state index is 0.557. The molecule has 0 bridgehead atoms. The lowest BCUT2D eigenvalue weighted by Gasteiger charge is -2.13. The molecule has 0 amide bonds. The van der Waals surface area contributed by atoms with E-state index in [1.807, 2.05) is 12.1 Å². The van der Waals surface area contributed by atoms with Gasteiger partial charge < -0.3 is 19.8 Å². The Kier molecular flexibility index (Phi) is 4.65. The number of hydrogen-bond donors (Lipinski definition) is 2. The van der Waals surface area contributed by atoms with Crippen LogP contribution < -0.4 is 14.8 Å². The lowest BCUT2D eigenvalue weighted by molar-refractivity contribution is 0.354. The van der Waals surface area contributed by atoms with Crippen LogP contribution in [0.15, 0.2) is 24.5 Å². The van der Waals surface area contributed by atoms with Gasteiger partial charge >= 0.3 is 0 Å². The monoisotopic (exact) mass is 281 g/mol. The number of halogens is 1. The second kappa shape index (κ2) is 6.45. The van der Waals surface area contributed by atoms with Crippen molar-refractivity contribution < 1.29 is 9.47 Å². The molecule has 1 aromatic heterocycles. The molecule has 5 nitrogen and oxygen atoms in total. The number of aromatic amines is 1. The van der Waals surface area contributed by atoms with Gasteiger partial charge in [0.15, 0.2) is 11.5 Å². The van der Waals surface area contributed by atoms with E-state index in [2.05, 4.69) is 15.3 Å². The highest BCUT2D eigenvalue weighted by Gasteiger charge is 2.12. The van der Waals surface area contributed by atoms with Gasteiger partial charge in [-0.15, -0.1) is 0 Å². The van der Waals surface area contributed by atoms with Crippen LogP contribution in [0.5, 0.6) is 11.5 Å². The second-order valence-electron chi connectivity index (χ2n) is 3.91. The molecule has 0 saturated heterocycles. The van der Waals surface area contributed by atoms with Crippen molar-refractivity contribution >= 4 is 11.6 Å². The van der Waals surface area contributed by atoms with Gasteiger partial charge in [0.25, 0.3) is 0 Å². The van der Waals surface area contributed by atoms with Crippen LogP contribution in [0, 0.1) is 0 Å². The summed E-state index contributed by atoms with van der Waals surface area (Å²) < 4.78 is 10.4. The zero-order chi connectivity index (χ0) is 13.7. The molecular formula is C13H16ClN3O2. The Morgan fingerprint density at radius 1 is 1.26 bits per heavy atom. The van der Waals surface area contributed by atoms with E-state index in [0.29, 0.717) is 29.6 Å². The predicted octanol–water partition coefficient (Wildman–Crippen LogP) is 2.37. The molecule has 2 N–H and O–H groups in total. The zero-order valence-electron chi connectivity index (χ0n) is 10.9. The minimum Gasteiger partial charge on any atom is -0.493 e. The van der Waals surface area contributed by atoms with Crippen LogP contribution in [-0.4, -0.2) is 24.2 Å². The van der Waals surface area contributed by atoms with Gasteiger partial charge in [-0.3, -0.25) is 0 Å². The van der Waals surface area contributed by atoms with Gasteiger partial charge in [0.1, 0.15) is 5.82 Å². The number of benzene rings is 1. The van der Waals surface area contributed by atoms with Gasteiger partial charge in [-0.25, -0.2) is 4.98 Å². The van der Waals surface area contributed by atoms with Gasteiger partial charge in [0.2, 0.25) is 0 Å². The third-order valence-electron chi connectivity index (χ3n) is 2.73. The van der Waals surface area contributed by atoms with Crippen molar-refractivity contribution in [2.24, 2.45) is 0 Å². The average Bonchev–Trinajstić information content (AvgIpc) is 2.93. The number of imidazole rings is 1.